The molecule has 17 heavy (non-hydrogen) atoms. The van der Waals surface area contributed by atoms with Crippen LogP contribution < -0.4 is 29.3 Å². The highest BCUT2D eigenvalue weighted by atomic mass is 127. The molecule has 0 radical (unpaired) electrons. The van der Waals surface area contributed by atoms with Crippen molar-refractivity contribution in [3.05, 3.63) is 24.5 Å². The molecular weight excluding hydrogens is 367 g/mol. The third-order valence-corrected chi connectivity index (χ3v) is 3.63. The zero-order chi connectivity index (χ0) is 11.4. The van der Waals surface area contributed by atoms with Crippen LogP contribution in [0.2, 0.25) is 0 Å². The van der Waals surface area contributed by atoms with E-state index >= 15 is 0 Å². The Kier molecular flexibility index (Phi) is 6.14. The first-order valence-corrected chi connectivity index (χ1v) is 6.58. The molecule has 1 aliphatic rings. The zero-order valence-electron chi connectivity index (χ0n) is 9.39. The molecular formula is C10H13IN4S2. The number of aromatic nitrogens is 2. The Morgan fingerprint density at radius 2 is 2.47 bits per heavy atom. The Morgan fingerprint density at radius 3 is 3.18 bits per heavy atom. The molecule has 0 unspecified atom stereocenters. The van der Waals surface area contributed by atoms with E-state index in [4.69, 9.17) is 0 Å². The zero-order valence-corrected chi connectivity index (χ0v) is 13.2. The van der Waals surface area contributed by atoms with E-state index in [1.165, 1.54) is 11.7 Å². The van der Waals surface area contributed by atoms with E-state index in [1.54, 1.807) is 11.8 Å². The van der Waals surface area contributed by atoms with Crippen molar-refractivity contribution in [3.8, 4) is 0 Å². The first-order chi connectivity index (χ1) is 7.81. The largest absolute Gasteiger partial charge is 1.00 e. The average Bonchev–Trinajstić information content (AvgIpc) is 2.74. The van der Waals surface area contributed by atoms with Gasteiger partial charge in [-0.3, -0.25) is 0 Å². The maximum atomic E-state index is 4.34. The van der Waals surface area contributed by atoms with E-state index in [0.29, 0.717) is 0 Å². The summed E-state index contributed by atoms with van der Waals surface area (Å²) >= 11 is 2.91. The summed E-state index contributed by atoms with van der Waals surface area (Å²) in [5.74, 6) is 0.856. The molecule has 4 nitrogen and oxygen atoms in total. The van der Waals surface area contributed by atoms with Gasteiger partial charge in [0.1, 0.15) is 17.8 Å². The second kappa shape index (κ2) is 7.12. The van der Waals surface area contributed by atoms with Crippen LogP contribution in [-0.2, 0) is 0 Å². The van der Waals surface area contributed by atoms with Crippen molar-refractivity contribution in [1.82, 2.24) is 14.1 Å². The molecule has 0 atom stereocenters. The van der Waals surface area contributed by atoms with Crippen molar-refractivity contribution in [2.45, 2.75) is 5.03 Å². The van der Waals surface area contributed by atoms with Gasteiger partial charge in [0.25, 0.3) is 0 Å². The molecule has 0 aliphatic carbocycles. The molecule has 0 amide bonds. The van der Waals surface area contributed by atoms with Gasteiger partial charge < -0.3 is 29.3 Å². The first-order valence-electron chi connectivity index (χ1n) is 4.86. The summed E-state index contributed by atoms with van der Waals surface area (Å²) in [5.41, 5.74) is 2.03. The van der Waals surface area contributed by atoms with Crippen molar-refractivity contribution in [3.63, 3.8) is 0 Å². The SMILES string of the molecule is C=CCSc1nsnc1C1=CNC[N+](C)=C1.[I-]. The number of nitrogens with zero attached hydrogens (tertiary/aromatic N) is 3. The standard InChI is InChI=1S/C10H12N4S2.HI/c1-3-4-15-10-9(12-16-13-10)8-5-11-7-14(2)6-8;/h3,5-6H,1,4,7H2,2H3;1H. The van der Waals surface area contributed by atoms with Crippen LogP contribution in [0.5, 0.6) is 0 Å². The molecule has 0 fully saturated rings. The topological polar surface area (TPSA) is 40.8 Å². The molecule has 7 heteroatoms. The van der Waals surface area contributed by atoms with Crippen molar-refractivity contribution < 1.29 is 28.6 Å². The van der Waals surface area contributed by atoms with Crippen molar-refractivity contribution in [2.75, 3.05) is 19.5 Å². The van der Waals surface area contributed by atoms with Crippen LogP contribution in [0, 0.1) is 0 Å². The van der Waals surface area contributed by atoms with Gasteiger partial charge >= 0.3 is 0 Å². The highest BCUT2D eigenvalue weighted by Gasteiger charge is 2.16. The van der Waals surface area contributed by atoms with Gasteiger partial charge in [0.15, 0.2) is 6.21 Å². The van der Waals surface area contributed by atoms with Gasteiger partial charge in [-0.2, -0.15) is 8.75 Å². The Balaban J connectivity index is 0.00000144. The van der Waals surface area contributed by atoms with Crippen LogP contribution in [0.25, 0.3) is 5.57 Å². The number of rotatable bonds is 4. The van der Waals surface area contributed by atoms with Gasteiger partial charge in [-0.15, -0.1) is 6.58 Å². The van der Waals surface area contributed by atoms with Crippen molar-refractivity contribution in [1.29, 1.82) is 0 Å². The predicted octanol–water partition coefficient (Wildman–Crippen LogP) is -1.57. The molecule has 0 bridgehead atoms. The Morgan fingerprint density at radius 1 is 1.65 bits per heavy atom. The molecule has 2 rings (SSSR count). The summed E-state index contributed by atoms with van der Waals surface area (Å²) in [7, 11) is 2.02. The van der Waals surface area contributed by atoms with Crippen LogP contribution in [0.1, 0.15) is 5.69 Å². The molecule has 0 saturated heterocycles. The van der Waals surface area contributed by atoms with E-state index in [-0.39, 0.29) is 24.0 Å². The minimum atomic E-state index is 0. The minimum absolute atomic E-state index is 0. The second-order valence-electron chi connectivity index (χ2n) is 3.37. The molecule has 1 aromatic rings. The summed E-state index contributed by atoms with van der Waals surface area (Å²) in [6, 6.07) is 0. The van der Waals surface area contributed by atoms with Crippen LogP contribution in [0.4, 0.5) is 0 Å². The van der Waals surface area contributed by atoms with Crippen molar-refractivity contribution in [2.24, 2.45) is 0 Å². The summed E-state index contributed by atoms with van der Waals surface area (Å²) in [6.45, 7) is 4.54. The molecule has 0 aromatic carbocycles. The van der Waals surface area contributed by atoms with Gasteiger partial charge in [-0.05, 0) is 0 Å². The molecule has 0 spiro atoms. The van der Waals surface area contributed by atoms with Gasteiger partial charge in [0.05, 0.1) is 17.3 Å². The van der Waals surface area contributed by atoms with Gasteiger partial charge in [-0.25, -0.2) is 4.58 Å². The average molecular weight is 380 g/mol. The smallest absolute Gasteiger partial charge is 0.215 e. The lowest BCUT2D eigenvalue weighted by atomic mass is 10.2. The van der Waals surface area contributed by atoms with E-state index in [2.05, 4.69) is 31.4 Å². The molecule has 2 heterocycles. The third-order valence-electron chi connectivity index (χ3n) is 2.03. The summed E-state index contributed by atoms with van der Waals surface area (Å²) < 4.78 is 10.7. The Labute approximate surface area is 126 Å². The molecule has 1 aromatic heterocycles. The Bertz CT molecular complexity index is 453. The van der Waals surface area contributed by atoms with Crippen LogP contribution in [0.3, 0.4) is 0 Å². The summed E-state index contributed by atoms with van der Waals surface area (Å²) in [6.07, 6.45) is 5.93. The molecule has 92 valence electrons. The molecule has 0 saturated carbocycles. The first kappa shape index (κ1) is 14.7. The summed E-state index contributed by atoms with van der Waals surface area (Å²) in [5, 5.41) is 4.17. The molecule has 1 N–H and O–H groups in total. The van der Waals surface area contributed by atoms with Gasteiger partial charge in [-0.1, -0.05) is 17.8 Å². The number of hydrogen-bond donors (Lipinski definition) is 1. The maximum absolute atomic E-state index is 4.34. The third kappa shape index (κ3) is 3.78. The highest BCUT2D eigenvalue weighted by molar-refractivity contribution is 7.99. The second-order valence-corrected chi connectivity index (χ2v) is 4.90. The minimum Gasteiger partial charge on any atom is -1.00 e. The lowest BCUT2D eigenvalue weighted by Gasteiger charge is -2.07. The normalized spacial score (nSPS) is 14.2. The number of thioether (sulfide) groups is 1. The predicted molar refractivity (Wildman–Crippen MR) is 69.1 cm³/mol. The summed E-state index contributed by atoms with van der Waals surface area (Å²) in [4.78, 5) is 0. The van der Waals surface area contributed by atoms with Crippen LogP contribution in [0.15, 0.2) is 23.9 Å². The quantitative estimate of drug-likeness (QED) is 0.297. The molecule has 1 aliphatic heterocycles. The maximum Gasteiger partial charge on any atom is 0.215 e. The van der Waals surface area contributed by atoms with E-state index in [9.17, 15) is 0 Å². The van der Waals surface area contributed by atoms with E-state index < -0.39 is 0 Å². The Hall–Kier alpha value is -0.410. The fourth-order valence-corrected chi connectivity index (χ4v) is 2.76. The number of allylic oxidation sites excluding steroid dienone is 1. The lowest BCUT2D eigenvalue weighted by molar-refractivity contribution is -0.496. The van der Waals surface area contributed by atoms with E-state index in [1.807, 2.05) is 19.3 Å². The monoisotopic (exact) mass is 380 g/mol. The fourth-order valence-electron chi connectivity index (χ4n) is 1.34. The van der Waals surface area contributed by atoms with Gasteiger partial charge in [0.2, 0.25) is 6.67 Å². The van der Waals surface area contributed by atoms with Crippen LogP contribution in [-0.4, -0.2) is 39.0 Å². The van der Waals surface area contributed by atoms with Gasteiger partial charge in [0, 0.05) is 12.0 Å². The van der Waals surface area contributed by atoms with E-state index in [0.717, 1.165) is 28.7 Å². The van der Waals surface area contributed by atoms with Crippen molar-refractivity contribution >= 4 is 35.3 Å². The number of hydrogen-bond acceptors (Lipinski definition) is 5. The number of halogens is 1. The van der Waals surface area contributed by atoms with Crippen LogP contribution >= 0.6 is 23.5 Å². The lowest BCUT2D eigenvalue weighted by Crippen LogP contribution is -3.00. The fraction of sp³-hybridized carbons (Fsp3) is 0.300. The number of nitrogens with one attached hydrogen (secondary N) is 1. The highest BCUT2D eigenvalue weighted by Crippen LogP contribution is 2.25.